The number of hydrogen-bond acceptors (Lipinski definition) is 5. The minimum absolute atomic E-state index is 0.100. The molecule has 206 valence electrons. The molecule has 9 aromatic rings. The predicted octanol–water partition coefficient (Wildman–Crippen LogP) is 11.3. The number of hydrogen-bond donors (Lipinski definition) is 0. The Kier molecular flexibility index (Phi) is 4.78. The van der Waals surface area contributed by atoms with E-state index in [9.17, 15) is 0 Å². The lowest BCUT2D eigenvalue weighted by Crippen LogP contribution is -2.01. The first-order chi connectivity index (χ1) is 23.9. The number of thiophene rings is 2. The molecule has 0 saturated carbocycles. The minimum Gasteiger partial charge on any atom is -0.208 e. The van der Waals surface area contributed by atoms with Gasteiger partial charge in [-0.05, 0) is 35.4 Å². The molecule has 0 N–H and O–H groups in total. The zero-order chi connectivity index (χ0) is 33.4. The number of benzene rings is 6. The van der Waals surface area contributed by atoms with E-state index in [1.807, 2.05) is 60.7 Å². The molecule has 0 saturated heterocycles. The van der Waals surface area contributed by atoms with E-state index in [1.165, 1.54) is 20.2 Å². The van der Waals surface area contributed by atoms with Crippen LogP contribution in [-0.4, -0.2) is 15.0 Å². The predicted molar refractivity (Wildman–Crippen MR) is 187 cm³/mol. The molecule has 0 aliphatic rings. The van der Waals surface area contributed by atoms with E-state index in [-0.39, 0.29) is 17.6 Å². The number of aromatic nitrogens is 3. The zero-order valence-electron chi connectivity index (χ0n) is 28.1. The van der Waals surface area contributed by atoms with Gasteiger partial charge in [-0.1, -0.05) is 115 Å². The quantitative estimate of drug-likeness (QED) is 0.201. The molecule has 0 radical (unpaired) electrons. The van der Waals surface area contributed by atoms with Crippen molar-refractivity contribution in [3.05, 3.63) is 139 Å². The Morgan fingerprint density at radius 2 is 0.841 bits per heavy atom. The molecule has 6 aromatic carbocycles. The molecular formula is C39H23N3S2. The van der Waals surface area contributed by atoms with Crippen LogP contribution in [0.4, 0.5) is 0 Å². The van der Waals surface area contributed by atoms with Crippen LogP contribution in [0.15, 0.2) is 139 Å². The summed E-state index contributed by atoms with van der Waals surface area (Å²) in [6, 6.07) is 34.4. The molecule has 44 heavy (non-hydrogen) atoms. The van der Waals surface area contributed by atoms with Crippen LogP contribution in [-0.2, 0) is 0 Å². The second kappa shape index (κ2) is 10.2. The SMILES string of the molecule is [2H]c1c([2H])c([2H])c(-c2ccccc2-c2nc(-c3cccc4c3sc3ccccc34)nc(-c3cccc4c3sc3ccccc34)n2)c([2H])c1[2H]. The van der Waals surface area contributed by atoms with Crippen molar-refractivity contribution in [3.63, 3.8) is 0 Å². The largest absolute Gasteiger partial charge is 0.208 e. The summed E-state index contributed by atoms with van der Waals surface area (Å²) < 4.78 is 46.8. The third kappa shape index (κ3) is 4.05. The molecule has 0 aliphatic heterocycles. The highest BCUT2D eigenvalue weighted by molar-refractivity contribution is 7.26. The van der Waals surface area contributed by atoms with Gasteiger partial charge in [-0.3, -0.25) is 0 Å². The summed E-state index contributed by atoms with van der Waals surface area (Å²) in [5, 5.41) is 4.57. The molecule has 0 aliphatic carbocycles. The summed E-state index contributed by atoms with van der Waals surface area (Å²) >= 11 is 3.39. The lowest BCUT2D eigenvalue weighted by Gasteiger charge is -2.12. The standard InChI is InChI=1S/C39H23N3S2/c1-2-12-24(13-3-1)25-14-4-5-17-30(25)37-40-38(31-20-10-18-28-26-15-6-8-22-33(26)43-35(28)31)42-39(41-37)32-21-11-19-29-27-16-7-9-23-34(27)44-36(29)32/h1-23H/i1D,2D,3D,12D,13D. The molecule has 3 nitrogen and oxygen atoms in total. The van der Waals surface area contributed by atoms with Gasteiger partial charge >= 0.3 is 0 Å². The fourth-order valence-electron chi connectivity index (χ4n) is 5.86. The van der Waals surface area contributed by atoms with Crippen molar-refractivity contribution in [3.8, 4) is 45.3 Å². The van der Waals surface area contributed by atoms with Gasteiger partial charge in [-0.25, -0.2) is 15.0 Å². The van der Waals surface area contributed by atoms with Gasteiger partial charge in [0, 0.05) is 57.0 Å². The highest BCUT2D eigenvalue weighted by Gasteiger charge is 2.20. The smallest absolute Gasteiger partial charge is 0.165 e. The molecule has 3 heterocycles. The molecule has 0 atom stereocenters. The topological polar surface area (TPSA) is 38.7 Å². The number of nitrogens with zero attached hydrogens (tertiary/aromatic N) is 3. The van der Waals surface area contributed by atoms with Gasteiger partial charge in [0.15, 0.2) is 17.5 Å². The van der Waals surface area contributed by atoms with Crippen molar-refractivity contribution in [1.82, 2.24) is 15.0 Å². The average Bonchev–Trinajstić information content (AvgIpc) is 3.72. The van der Waals surface area contributed by atoms with Gasteiger partial charge in [0.1, 0.15) is 0 Å². The summed E-state index contributed by atoms with van der Waals surface area (Å²) in [4.78, 5) is 15.3. The molecule has 0 spiro atoms. The van der Waals surface area contributed by atoms with Gasteiger partial charge in [0.2, 0.25) is 0 Å². The van der Waals surface area contributed by atoms with E-state index in [4.69, 9.17) is 21.8 Å². The molecule has 3 aromatic heterocycles. The maximum absolute atomic E-state index is 8.75. The van der Waals surface area contributed by atoms with Gasteiger partial charge in [-0.2, -0.15) is 0 Å². The highest BCUT2D eigenvalue weighted by Crippen LogP contribution is 2.42. The number of fused-ring (bicyclic) bond motifs is 6. The minimum atomic E-state index is -0.436. The Morgan fingerprint density at radius 3 is 1.41 bits per heavy atom. The Balaban J connectivity index is 1.36. The van der Waals surface area contributed by atoms with E-state index >= 15 is 0 Å². The van der Waals surface area contributed by atoms with Crippen molar-refractivity contribution in [2.75, 3.05) is 0 Å². The van der Waals surface area contributed by atoms with Crippen LogP contribution in [0.3, 0.4) is 0 Å². The zero-order valence-corrected chi connectivity index (χ0v) is 24.7. The van der Waals surface area contributed by atoms with Crippen LogP contribution < -0.4 is 0 Å². The van der Waals surface area contributed by atoms with Crippen LogP contribution in [0.2, 0.25) is 0 Å². The second-order valence-electron chi connectivity index (χ2n) is 10.4. The van der Waals surface area contributed by atoms with E-state index in [0.717, 1.165) is 31.3 Å². The van der Waals surface area contributed by atoms with E-state index < -0.39 is 18.1 Å². The van der Waals surface area contributed by atoms with Gasteiger partial charge < -0.3 is 0 Å². The van der Waals surface area contributed by atoms with Crippen LogP contribution >= 0.6 is 22.7 Å². The molecule has 5 heteroatoms. The van der Waals surface area contributed by atoms with Gasteiger partial charge in [-0.15, -0.1) is 22.7 Å². The van der Waals surface area contributed by atoms with E-state index in [2.05, 4.69) is 36.4 Å². The molecule has 0 amide bonds. The summed E-state index contributed by atoms with van der Waals surface area (Å²) in [5.74, 6) is 1.33. The van der Waals surface area contributed by atoms with E-state index in [1.54, 1.807) is 34.8 Å². The normalized spacial score (nSPS) is 13.2. The van der Waals surface area contributed by atoms with Crippen molar-refractivity contribution < 1.29 is 6.85 Å². The third-order valence-corrected chi connectivity index (χ3v) is 10.3. The third-order valence-electron chi connectivity index (χ3n) is 7.86. The molecular weight excluding hydrogens is 575 g/mol. The first kappa shape index (κ1) is 20.6. The monoisotopic (exact) mass is 602 g/mol. The Labute approximate surface area is 268 Å². The summed E-state index contributed by atoms with van der Waals surface area (Å²) in [6.45, 7) is 0. The fraction of sp³-hybridized carbons (Fsp3) is 0. The maximum atomic E-state index is 8.75. The Bertz CT molecular complexity index is 2650. The van der Waals surface area contributed by atoms with Gasteiger partial charge in [0.25, 0.3) is 0 Å². The van der Waals surface area contributed by atoms with Crippen molar-refractivity contribution in [2.24, 2.45) is 0 Å². The van der Waals surface area contributed by atoms with Crippen molar-refractivity contribution in [2.45, 2.75) is 0 Å². The summed E-state index contributed by atoms with van der Waals surface area (Å²) in [7, 11) is 0. The van der Waals surface area contributed by atoms with Crippen LogP contribution in [0, 0.1) is 0 Å². The lowest BCUT2D eigenvalue weighted by molar-refractivity contribution is 1.08. The summed E-state index contributed by atoms with van der Waals surface area (Å²) in [6.07, 6.45) is 0. The fourth-order valence-corrected chi connectivity index (χ4v) is 8.29. The van der Waals surface area contributed by atoms with Crippen LogP contribution in [0.25, 0.3) is 85.6 Å². The second-order valence-corrected chi connectivity index (χ2v) is 12.5. The molecule has 9 rings (SSSR count). The number of rotatable bonds is 4. The molecule has 0 unspecified atom stereocenters. The molecule has 0 bridgehead atoms. The average molecular weight is 603 g/mol. The maximum Gasteiger partial charge on any atom is 0.165 e. The van der Waals surface area contributed by atoms with Crippen molar-refractivity contribution in [1.29, 1.82) is 0 Å². The van der Waals surface area contributed by atoms with E-state index in [0.29, 0.717) is 28.6 Å². The molecule has 0 fully saturated rings. The Hall–Kier alpha value is -5.23. The highest BCUT2D eigenvalue weighted by atomic mass is 32.1. The van der Waals surface area contributed by atoms with Crippen LogP contribution in [0.1, 0.15) is 6.85 Å². The first-order valence-corrected chi connectivity index (χ1v) is 15.8. The lowest BCUT2D eigenvalue weighted by atomic mass is 9.99. The van der Waals surface area contributed by atoms with Gasteiger partial charge in [0.05, 0.1) is 6.85 Å². The van der Waals surface area contributed by atoms with Crippen LogP contribution in [0.5, 0.6) is 0 Å². The first-order valence-electron chi connectivity index (χ1n) is 16.6. The Morgan fingerprint density at radius 1 is 0.409 bits per heavy atom. The summed E-state index contributed by atoms with van der Waals surface area (Å²) in [5.41, 5.74) is 2.82. The van der Waals surface area contributed by atoms with Crippen molar-refractivity contribution >= 4 is 63.0 Å².